The van der Waals surface area contributed by atoms with Crippen LogP contribution in [0.2, 0.25) is 0 Å². The van der Waals surface area contributed by atoms with E-state index in [0.717, 1.165) is 18.4 Å². The molecule has 2 rings (SSSR count). The molecule has 0 unspecified atom stereocenters. The normalized spacial score (nSPS) is 15.6. The fourth-order valence-electron chi connectivity index (χ4n) is 2.05. The Kier molecular flexibility index (Phi) is 3.97. The zero-order valence-electron chi connectivity index (χ0n) is 10.5. The number of hydrogen-bond acceptors (Lipinski definition) is 3. The van der Waals surface area contributed by atoms with Crippen molar-refractivity contribution in [3.8, 4) is 5.75 Å². The Labute approximate surface area is 107 Å². The lowest BCUT2D eigenvalue weighted by Gasteiger charge is -2.25. The lowest BCUT2D eigenvalue weighted by Crippen LogP contribution is -2.41. The molecule has 0 aromatic heterocycles. The third-order valence-corrected chi connectivity index (χ3v) is 3.06. The first-order valence-electron chi connectivity index (χ1n) is 6.27. The topological polar surface area (TPSA) is 46.6 Å². The van der Waals surface area contributed by atoms with Gasteiger partial charge in [0.2, 0.25) is 0 Å². The van der Waals surface area contributed by atoms with E-state index in [1.54, 1.807) is 6.07 Å². The molecule has 0 radical (unpaired) electrons. The average molecular weight is 247 g/mol. The molecule has 1 aliphatic rings. The molecule has 1 amide bonds. The van der Waals surface area contributed by atoms with Crippen molar-refractivity contribution in [2.24, 2.45) is 0 Å². The van der Waals surface area contributed by atoms with Gasteiger partial charge in [0.05, 0.1) is 6.54 Å². The van der Waals surface area contributed by atoms with Gasteiger partial charge in [-0.3, -0.25) is 4.79 Å². The number of hydrogen-bond donors (Lipinski definition) is 0. The number of benzene rings is 1. The molecule has 1 aliphatic heterocycles. The maximum absolute atomic E-state index is 11.9. The number of rotatable bonds is 2. The molecule has 1 saturated heterocycles. The summed E-state index contributed by atoms with van der Waals surface area (Å²) in [5, 5.41) is 0. The van der Waals surface area contributed by atoms with Crippen LogP contribution >= 0.6 is 0 Å². The number of Topliss-reactive ketones (excluding diaryl/α,β-unsaturated/α-hetero) is 1. The van der Waals surface area contributed by atoms with Crippen molar-refractivity contribution in [2.45, 2.75) is 26.2 Å². The number of carbonyl (C=O) groups excluding carboxylic acids is 2. The lowest BCUT2D eigenvalue weighted by molar-refractivity contribution is -0.121. The van der Waals surface area contributed by atoms with Crippen LogP contribution in [-0.2, 0) is 11.2 Å². The van der Waals surface area contributed by atoms with Crippen LogP contribution in [0.3, 0.4) is 0 Å². The Hall–Kier alpha value is -1.84. The van der Waals surface area contributed by atoms with Crippen molar-refractivity contribution >= 4 is 11.9 Å². The highest BCUT2D eigenvalue weighted by Crippen LogP contribution is 2.19. The summed E-state index contributed by atoms with van der Waals surface area (Å²) in [5.74, 6) is 0.685. The van der Waals surface area contributed by atoms with Gasteiger partial charge in [-0.2, -0.15) is 0 Å². The molecule has 18 heavy (non-hydrogen) atoms. The predicted molar refractivity (Wildman–Crippen MR) is 67.7 cm³/mol. The molecule has 0 atom stereocenters. The molecular formula is C14H17NO3. The Morgan fingerprint density at radius 3 is 2.89 bits per heavy atom. The van der Waals surface area contributed by atoms with Crippen LogP contribution in [0, 0.1) is 0 Å². The molecule has 1 heterocycles. The largest absolute Gasteiger partial charge is 0.415 e. The highest BCUT2D eigenvalue weighted by atomic mass is 16.6. The Morgan fingerprint density at radius 1 is 1.39 bits per heavy atom. The Bertz CT molecular complexity index is 456. The van der Waals surface area contributed by atoms with Gasteiger partial charge in [0.1, 0.15) is 5.75 Å². The van der Waals surface area contributed by atoms with E-state index < -0.39 is 6.09 Å². The lowest BCUT2D eigenvalue weighted by atomic mass is 10.1. The minimum Gasteiger partial charge on any atom is -0.410 e. The van der Waals surface area contributed by atoms with E-state index in [1.165, 1.54) is 4.90 Å². The number of amides is 1. The molecule has 1 aromatic carbocycles. The van der Waals surface area contributed by atoms with Gasteiger partial charge < -0.3 is 9.64 Å². The average Bonchev–Trinajstić information content (AvgIpc) is 2.39. The standard InChI is InChI=1S/C14H17NO3/c1-2-11-6-3-4-8-13(11)18-14(17)15-9-5-7-12(16)10-15/h3-4,6,8H,2,5,7,9-10H2,1H3. The van der Waals surface area contributed by atoms with Crippen LogP contribution in [0.5, 0.6) is 5.75 Å². The van der Waals surface area contributed by atoms with Crippen LogP contribution in [0.1, 0.15) is 25.3 Å². The van der Waals surface area contributed by atoms with E-state index in [4.69, 9.17) is 4.74 Å². The van der Waals surface area contributed by atoms with Gasteiger partial charge in [0, 0.05) is 13.0 Å². The van der Waals surface area contributed by atoms with Crippen molar-refractivity contribution in [1.29, 1.82) is 0 Å². The second-order valence-electron chi connectivity index (χ2n) is 4.39. The smallest absolute Gasteiger partial charge is 0.410 e. The molecule has 1 aromatic rings. The van der Waals surface area contributed by atoms with E-state index in [2.05, 4.69) is 0 Å². The number of carbonyl (C=O) groups is 2. The Morgan fingerprint density at radius 2 is 2.17 bits per heavy atom. The summed E-state index contributed by atoms with van der Waals surface area (Å²) in [4.78, 5) is 24.7. The van der Waals surface area contributed by atoms with E-state index in [1.807, 2.05) is 25.1 Å². The molecule has 0 saturated carbocycles. The quantitative estimate of drug-likeness (QED) is 0.806. The van der Waals surface area contributed by atoms with E-state index in [9.17, 15) is 9.59 Å². The summed E-state index contributed by atoms with van der Waals surface area (Å²) in [7, 11) is 0. The van der Waals surface area contributed by atoms with Crippen LogP contribution in [0.4, 0.5) is 4.79 Å². The molecule has 4 heteroatoms. The van der Waals surface area contributed by atoms with Gasteiger partial charge in [-0.05, 0) is 24.5 Å². The summed E-state index contributed by atoms with van der Waals surface area (Å²) >= 11 is 0. The summed E-state index contributed by atoms with van der Waals surface area (Å²) in [6.07, 6.45) is 1.67. The van der Waals surface area contributed by atoms with Crippen LogP contribution < -0.4 is 4.74 Å². The van der Waals surface area contributed by atoms with Crippen molar-refractivity contribution < 1.29 is 14.3 Å². The van der Waals surface area contributed by atoms with Crippen molar-refractivity contribution in [2.75, 3.05) is 13.1 Å². The van der Waals surface area contributed by atoms with E-state index >= 15 is 0 Å². The van der Waals surface area contributed by atoms with Gasteiger partial charge >= 0.3 is 6.09 Å². The SMILES string of the molecule is CCc1ccccc1OC(=O)N1CCCC(=O)C1. The summed E-state index contributed by atoms with van der Waals surface area (Å²) in [6, 6.07) is 7.47. The first-order chi connectivity index (χ1) is 8.70. The number of para-hydroxylation sites is 1. The summed E-state index contributed by atoms with van der Waals surface area (Å²) in [5.41, 5.74) is 0.995. The van der Waals surface area contributed by atoms with Gasteiger partial charge in [-0.1, -0.05) is 25.1 Å². The van der Waals surface area contributed by atoms with E-state index in [-0.39, 0.29) is 12.3 Å². The summed E-state index contributed by atoms with van der Waals surface area (Å²) in [6.45, 7) is 2.78. The van der Waals surface area contributed by atoms with E-state index in [0.29, 0.717) is 18.7 Å². The molecular weight excluding hydrogens is 230 g/mol. The molecule has 1 fully saturated rings. The first-order valence-corrected chi connectivity index (χ1v) is 6.27. The molecule has 4 nitrogen and oxygen atoms in total. The number of ketones is 1. The monoisotopic (exact) mass is 247 g/mol. The zero-order valence-corrected chi connectivity index (χ0v) is 10.5. The summed E-state index contributed by atoms with van der Waals surface area (Å²) < 4.78 is 5.36. The van der Waals surface area contributed by atoms with Gasteiger partial charge in [-0.25, -0.2) is 4.79 Å². The van der Waals surface area contributed by atoms with Crippen molar-refractivity contribution in [3.63, 3.8) is 0 Å². The number of likely N-dealkylation sites (tertiary alicyclic amines) is 1. The third kappa shape index (κ3) is 2.88. The van der Waals surface area contributed by atoms with Gasteiger partial charge in [0.25, 0.3) is 0 Å². The predicted octanol–water partition coefficient (Wildman–Crippen LogP) is 2.41. The van der Waals surface area contributed by atoms with Crippen molar-refractivity contribution in [1.82, 2.24) is 4.90 Å². The number of nitrogens with zero attached hydrogens (tertiary/aromatic N) is 1. The second kappa shape index (κ2) is 5.67. The minimum absolute atomic E-state index is 0.0991. The maximum atomic E-state index is 11.9. The number of piperidine rings is 1. The first kappa shape index (κ1) is 12.6. The fourth-order valence-corrected chi connectivity index (χ4v) is 2.05. The highest BCUT2D eigenvalue weighted by Gasteiger charge is 2.23. The molecule has 0 aliphatic carbocycles. The minimum atomic E-state index is -0.427. The number of aryl methyl sites for hydroxylation is 1. The number of ether oxygens (including phenoxy) is 1. The van der Waals surface area contributed by atoms with Crippen LogP contribution in [-0.4, -0.2) is 29.9 Å². The second-order valence-corrected chi connectivity index (χ2v) is 4.39. The Balaban J connectivity index is 2.04. The fraction of sp³-hybridized carbons (Fsp3) is 0.429. The van der Waals surface area contributed by atoms with Crippen molar-refractivity contribution in [3.05, 3.63) is 29.8 Å². The van der Waals surface area contributed by atoms with Crippen LogP contribution in [0.15, 0.2) is 24.3 Å². The third-order valence-electron chi connectivity index (χ3n) is 3.06. The molecule has 0 bridgehead atoms. The van der Waals surface area contributed by atoms with Crippen LogP contribution in [0.25, 0.3) is 0 Å². The molecule has 0 N–H and O–H groups in total. The molecule has 96 valence electrons. The molecule has 0 spiro atoms. The zero-order chi connectivity index (χ0) is 13.0. The maximum Gasteiger partial charge on any atom is 0.415 e. The van der Waals surface area contributed by atoms with Gasteiger partial charge in [0.15, 0.2) is 5.78 Å². The highest BCUT2D eigenvalue weighted by molar-refractivity contribution is 5.85. The van der Waals surface area contributed by atoms with Gasteiger partial charge in [-0.15, -0.1) is 0 Å².